The molecule has 0 radical (unpaired) electrons. The van der Waals surface area contributed by atoms with Gasteiger partial charge >= 0.3 is 0 Å². The first kappa shape index (κ1) is 15.3. The van der Waals surface area contributed by atoms with Gasteiger partial charge in [0.25, 0.3) is 15.3 Å². The summed E-state index contributed by atoms with van der Waals surface area (Å²) in [6.07, 6.45) is 1.47. The summed E-state index contributed by atoms with van der Waals surface area (Å²) in [5.41, 5.74) is 1.01. The Kier molecular flexibility index (Phi) is 4.77. The van der Waals surface area contributed by atoms with Crippen LogP contribution in [0.1, 0.15) is 15.9 Å². The van der Waals surface area contributed by atoms with E-state index in [1.807, 2.05) is 6.07 Å². The Labute approximate surface area is 128 Å². The first-order valence-corrected chi connectivity index (χ1v) is 7.95. The number of carbonyl (C=O) groups excluding carboxylic acids is 1. The Morgan fingerprint density at radius 3 is 2.29 bits per heavy atom. The van der Waals surface area contributed by atoms with Crippen LogP contribution in [0.2, 0.25) is 0 Å². The molecule has 0 bridgehead atoms. The SMILES string of the molecule is O=C(Cl)c1ccccc1NS(=O)(=O)/C=C/c1ccccc1. The second kappa shape index (κ2) is 6.56. The Morgan fingerprint density at radius 1 is 1.00 bits per heavy atom. The second-order valence-electron chi connectivity index (χ2n) is 4.18. The number of halogens is 1. The molecule has 2 aromatic rings. The molecule has 0 atom stereocenters. The molecule has 1 N–H and O–H groups in total. The highest BCUT2D eigenvalue weighted by molar-refractivity contribution is 7.95. The molecule has 2 rings (SSSR count). The van der Waals surface area contributed by atoms with Gasteiger partial charge in [-0.25, -0.2) is 8.42 Å². The van der Waals surface area contributed by atoms with Gasteiger partial charge in [-0.3, -0.25) is 9.52 Å². The van der Waals surface area contributed by atoms with Crippen LogP contribution in [0.3, 0.4) is 0 Å². The molecule has 6 heteroatoms. The third-order valence-electron chi connectivity index (χ3n) is 2.63. The van der Waals surface area contributed by atoms with Crippen LogP contribution in [0.5, 0.6) is 0 Å². The lowest BCUT2D eigenvalue weighted by Crippen LogP contribution is -2.11. The molecule has 0 spiro atoms. The lowest BCUT2D eigenvalue weighted by molar-refractivity contribution is 0.108. The minimum absolute atomic E-state index is 0.107. The molecule has 0 amide bonds. The first-order chi connectivity index (χ1) is 9.98. The summed E-state index contributed by atoms with van der Waals surface area (Å²) in [4.78, 5) is 11.2. The molecule has 108 valence electrons. The van der Waals surface area contributed by atoms with Crippen LogP contribution in [0.25, 0.3) is 6.08 Å². The highest BCUT2D eigenvalue weighted by atomic mass is 35.5. The molecule has 21 heavy (non-hydrogen) atoms. The van der Waals surface area contributed by atoms with E-state index in [0.717, 1.165) is 11.0 Å². The van der Waals surface area contributed by atoms with Gasteiger partial charge in [0, 0.05) is 0 Å². The number of carbonyl (C=O) groups is 1. The monoisotopic (exact) mass is 321 g/mol. The molecular formula is C15H12ClNO3S. The van der Waals surface area contributed by atoms with Crippen LogP contribution >= 0.6 is 11.6 Å². The van der Waals surface area contributed by atoms with E-state index in [2.05, 4.69) is 4.72 Å². The van der Waals surface area contributed by atoms with Crippen molar-refractivity contribution in [2.75, 3.05) is 4.72 Å². The first-order valence-electron chi connectivity index (χ1n) is 6.03. The van der Waals surface area contributed by atoms with Crippen LogP contribution in [0.15, 0.2) is 60.0 Å². The van der Waals surface area contributed by atoms with Gasteiger partial charge in [-0.05, 0) is 35.4 Å². The third kappa shape index (κ3) is 4.44. The number of sulfonamides is 1. The Morgan fingerprint density at radius 2 is 1.62 bits per heavy atom. The maximum Gasteiger partial charge on any atom is 0.255 e. The van der Waals surface area contributed by atoms with Crippen molar-refractivity contribution in [1.29, 1.82) is 0 Å². The van der Waals surface area contributed by atoms with E-state index in [1.54, 1.807) is 36.4 Å². The van der Waals surface area contributed by atoms with Gasteiger partial charge in [-0.1, -0.05) is 42.5 Å². The molecule has 0 heterocycles. The third-order valence-corrected chi connectivity index (χ3v) is 3.83. The van der Waals surface area contributed by atoms with Gasteiger partial charge in [0.1, 0.15) is 0 Å². The lowest BCUT2D eigenvalue weighted by atomic mass is 10.2. The molecule has 0 unspecified atom stereocenters. The summed E-state index contributed by atoms with van der Waals surface area (Å²) in [6.45, 7) is 0. The fourth-order valence-electron chi connectivity index (χ4n) is 1.66. The predicted molar refractivity (Wildman–Crippen MR) is 84.6 cm³/mol. The van der Waals surface area contributed by atoms with Crippen molar-refractivity contribution in [2.45, 2.75) is 0 Å². The summed E-state index contributed by atoms with van der Waals surface area (Å²) in [7, 11) is -3.73. The van der Waals surface area contributed by atoms with Crippen molar-refractivity contribution in [1.82, 2.24) is 0 Å². The quantitative estimate of drug-likeness (QED) is 0.857. The molecular weight excluding hydrogens is 310 g/mol. The average Bonchev–Trinajstić information content (AvgIpc) is 2.46. The molecule has 4 nitrogen and oxygen atoms in total. The van der Waals surface area contributed by atoms with Crippen molar-refractivity contribution in [3.8, 4) is 0 Å². The molecule has 0 saturated heterocycles. The number of anilines is 1. The van der Waals surface area contributed by atoms with Crippen molar-refractivity contribution >= 4 is 38.6 Å². The van der Waals surface area contributed by atoms with Crippen molar-refractivity contribution in [3.63, 3.8) is 0 Å². The molecule has 0 fully saturated rings. The zero-order chi connectivity index (χ0) is 15.3. The van der Waals surface area contributed by atoms with E-state index in [1.165, 1.54) is 18.2 Å². The normalized spacial score (nSPS) is 11.5. The smallest absolute Gasteiger partial charge is 0.255 e. The zero-order valence-corrected chi connectivity index (χ0v) is 12.4. The molecule has 0 aliphatic rings. The Hall–Kier alpha value is -2.11. The van der Waals surface area contributed by atoms with E-state index in [0.29, 0.717) is 0 Å². The highest BCUT2D eigenvalue weighted by Crippen LogP contribution is 2.19. The highest BCUT2D eigenvalue weighted by Gasteiger charge is 2.12. The van der Waals surface area contributed by atoms with E-state index in [-0.39, 0.29) is 11.3 Å². The topological polar surface area (TPSA) is 63.2 Å². The molecule has 0 saturated carbocycles. The van der Waals surface area contributed by atoms with Crippen LogP contribution < -0.4 is 4.72 Å². The second-order valence-corrected chi connectivity index (χ2v) is 6.09. The van der Waals surface area contributed by atoms with Crippen molar-refractivity contribution < 1.29 is 13.2 Å². The molecule has 0 aromatic heterocycles. The summed E-state index contributed by atoms with van der Waals surface area (Å²) in [5, 5.41) is 0.318. The zero-order valence-electron chi connectivity index (χ0n) is 10.9. The molecule has 0 aliphatic heterocycles. The average molecular weight is 322 g/mol. The van der Waals surface area contributed by atoms with Crippen molar-refractivity contribution in [2.24, 2.45) is 0 Å². The summed E-state index contributed by atoms with van der Waals surface area (Å²) in [6, 6.07) is 15.2. The number of hydrogen-bond donors (Lipinski definition) is 1. The maximum absolute atomic E-state index is 12.0. The van der Waals surface area contributed by atoms with Gasteiger partial charge < -0.3 is 0 Å². The van der Waals surface area contributed by atoms with E-state index in [9.17, 15) is 13.2 Å². The minimum Gasteiger partial charge on any atom is -0.279 e. The number of hydrogen-bond acceptors (Lipinski definition) is 3. The van der Waals surface area contributed by atoms with E-state index < -0.39 is 15.3 Å². The van der Waals surface area contributed by atoms with Gasteiger partial charge in [-0.15, -0.1) is 0 Å². The van der Waals surface area contributed by atoms with Gasteiger partial charge in [0.15, 0.2) is 0 Å². The summed E-state index contributed by atoms with van der Waals surface area (Å²) < 4.78 is 26.3. The number of para-hydroxylation sites is 1. The van der Waals surface area contributed by atoms with Gasteiger partial charge in [0.05, 0.1) is 16.7 Å². The number of rotatable bonds is 5. The fraction of sp³-hybridized carbons (Fsp3) is 0. The van der Waals surface area contributed by atoms with Gasteiger partial charge in [0.2, 0.25) is 0 Å². The number of benzene rings is 2. The minimum atomic E-state index is -3.73. The predicted octanol–water partition coefficient (Wildman–Crippen LogP) is 3.48. The van der Waals surface area contributed by atoms with Crippen molar-refractivity contribution in [3.05, 3.63) is 71.1 Å². The summed E-state index contributed by atoms with van der Waals surface area (Å²) in [5.74, 6) is 0. The Balaban J connectivity index is 2.23. The molecule has 2 aromatic carbocycles. The standard InChI is InChI=1S/C15H12ClNO3S/c16-15(18)13-8-4-5-9-14(13)17-21(19,20)11-10-12-6-2-1-3-7-12/h1-11,17H/b11-10+. The van der Waals surface area contributed by atoms with Crippen LogP contribution in [0.4, 0.5) is 5.69 Å². The largest absolute Gasteiger partial charge is 0.279 e. The summed E-state index contributed by atoms with van der Waals surface area (Å²) >= 11 is 5.42. The van der Waals surface area contributed by atoms with Crippen LogP contribution in [-0.4, -0.2) is 13.7 Å². The number of nitrogens with one attached hydrogen (secondary N) is 1. The van der Waals surface area contributed by atoms with E-state index >= 15 is 0 Å². The maximum atomic E-state index is 12.0. The van der Waals surface area contributed by atoms with E-state index in [4.69, 9.17) is 11.6 Å². The van der Waals surface area contributed by atoms with Crippen LogP contribution in [-0.2, 0) is 10.0 Å². The Bertz CT molecular complexity index is 771. The molecule has 0 aliphatic carbocycles. The van der Waals surface area contributed by atoms with Crippen LogP contribution in [0, 0.1) is 0 Å². The van der Waals surface area contributed by atoms with Gasteiger partial charge in [-0.2, -0.15) is 0 Å². The lowest BCUT2D eigenvalue weighted by Gasteiger charge is -2.07. The fourth-order valence-corrected chi connectivity index (χ4v) is 2.72.